The van der Waals surface area contributed by atoms with Gasteiger partial charge >= 0.3 is 0 Å². The molecule has 0 heterocycles. The third-order valence-electron chi connectivity index (χ3n) is 6.66. The molecule has 7 nitrogen and oxygen atoms in total. The summed E-state index contributed by atoms with van der Waals surface area (Å²) in [5, 5.41) is 3.41. The van der Waals surface area contributed by atoms with Gasteiger partial charge in [0.2, 0.25) is 21.8 Å². The highest BCUT2D eigenvalue weighted by Crippen LogP contribution is 2.26. The molecule has 2 amide bonds. The number of benzene rings is 3. The molecule has 3 aromatic rings. The van der Waals surface area contributed by atoms with Crippen molar-refractivity contribution in [3.8, 4) is 0 Å². The van der Waals surface area contributed by atoms with Crippen LogP contribution in [0.2, 0.25) is 5.02 Å². The molecule has 0 aliphatic carbocycles. The van der Waals surface area contributed by atoms with E-state index in [9.17, 15) is 18.0 Å². The van der Waals surface area contributed by atoms with E-state index in [0.29, 0.717) is 5.02 Å². The Morgan fingerprint density at radius 2 is 1.65 bits per heavy atom. The Labute approximate surface area is 250 Å². The lowest BCUT2D eigenvalue weighted by molar-refractivity contribution is -0.140. The number of sulfonamides is 1. The van der Waals surface area contributed by atoms with E-state index in [2.05, 4.69) is 21.2 Å². The van der Waals surface area contributed by atoms with Gasteiger partial charge in [0.15, 0.2) is 0 Å². The van der Waals surface area contributed by atoms with E-state index >= 15 is 0 Å². The van der Waals surface area contributed by atoms with Gasteiger partial charge in [-0.25, -0.2) is 8.42 Å². The predicted molar refractivity (Wildman–Crippen MR) is 165 cm³/mol. The Morgan fingerprint density at radius 1 is 1.00 bits per heavy atom. The first-order valence-corrected chi connectivity index (χ1v) is 16.0. The Bertz CT molecular complexity index is 1420. The standard InChI is InChI=1S/C30H35BrClN3O4S/c1-5-22(3)33-30(37)28(17-23-9-7-6-8-10-23)34(19-24-12-14-25(31)15-13-24)29(36)20-35(40(4,38)39)26-16-11-21(2)27(32)18-26/h6-16,18,22,28H,5,17,19-20H2,1-4H3,(H,33,37)/t22-,28-/m1/s1. The van der Waals surface area contributed by atoms with Crippen LogP contribution in [-0.4, -0.2) is 50.0 Å². The molecule has 0 unspecified atom stereocenters. The van der Waals surface area contributed by atoms with Crippen LogP contribution in [0.5, 0.6) is 0 Å². The molecule has 40 heavy (non-hydrogen) atoms. The molecule has 0 saturated carbocycles. The van der Waals surface area contributed by atoms with Crippen molar-refractivity contribution in [3.63, 3.8) is 0 Å². The first kappa shape index (κ1) is 31.6. The minimum absolute atomic E-state index is 0.0994. The number of carbonyl (C=O) groups is 2. The Kier molecular flexibility index (Phi) is 11.2. The second-order valence-electron chi connectivity index (χ2n) is 9.87. The first-order valence-electron chi connectivity index (χ1n) is 13.0. The van der Waals surface area contributed by atoms with Gasteiger partial charge in [-0.1, -0.05) is 83.0 Å². The van der Waals surface area contributed by atoms with E-state index in [1.165, 1.54) is 11.0 Å². The molecule has 3 rings (SSSR count). The van der Waals surface area contributed by atoms with E-state index in [1.54, 1.807) is 12.1 Å². The summed E-state index contributed by atoms with van der Waals surface area (Å²) in [7, 11) is -3.86. The highest BCUT2D eigenvalue weighted by Gasteiger charge is 2.33. The fourth-order valence-corrected chi connectivity index (χ4v) is 5.41. The minimum Gasteiger partial charge on any atom is -0.352 e. The third kappa shape index (κ3) is 8.81. The van der Waals surface area contributed by atoms with Gasteiger partial charge in [-0.05, 0) is 61.2 Å². The van der Waals surface area contributed by atoms with Gasteiger partial charge in [-0.15, -0.1) is 0 Å². The maximum Gasteiger partial charge on any atom is 0.244 e. The van der Waals surface area contributed by atoms with Crippen LogP contribution in [0.1, 0.15) is 37.0 Å². The largest absolute Gasteiger partial charge is 0.352 e. The third-order valence-corrected chi connectivity index (χ3v) is 8.74. The van der Waals surface area contributed by atoms with Gasteiger partial charge in [0.25, 0.3) is 0 Å². The average Bonchev–Trinajstić information content (AvgIpc) is 2.91. The molecule has 0 aliphatic rings. The van der Waals surface area contributed by atoms with E-state index < -0.39 is 28.5 Å². The van der Waals surface area contributed by atoms with Crippen molar-refractivity contribution in [1.29, 1.82) is 0 Å². The van der Waals surface area contributed by atoms with Gasteiger partial charge in [-0.3, -0.25) is 13.9 Å². The highest BCUT2D eigenvalue weighted by atomic mass is 79.9. The second-order valence-corrected chi connectivity index (χ2v) is 13.1. The lowest BCUT2D eigenvalue weighted by Gasteiger charge is -2.34. The highest BCUT2D eigenvalue weighted by molar-refractivity contribution is 9.10. The number of hydrogen-bond acceptors (Lipinski definition) is 4. The SMILES string of the molecule is CC[C@@H](C)NC(=O)[C@@H](Cc1ccccc1)N(Cc1ccc(Br)cc1)C(=O)CN(c1ccc(C)c(Cl)c1)S(C)(=O)=O. The van der Waals surface area contributed by atoms with Crippen LogP contribution in [-0.2, 0) is 32.6 Å². The van der Waals surface area contributed by atoms with Crippen LogP contribution in [0.25, 0.3) is 0 Å². The summed E-state index contributed by atoms with van der Waals surface area (Å²) < 4.78 is 27.7. The smallest absolute Gasteiger partial charge is 0.244 e. The van der Waals surface area contributed by atoms with Crippen molar-refractivity contribution in [2.75, 3.05) is 17.1 Å². The average molecular weight is 649 g/mol. The summed E-state index contributed by atoms with van der Waals surface area (Å²) in [6.07, 6.45) is 2.03. The molecular weight excluding hydrogens is 614 g/mol. The lowest BCUT2D eigenvalue weighted by atomic mass is 10.0. The number of aryl methyl sites for hydroxylation is 1. The van der Waals surface area contributed by atoms with Crippen LogP contribution in [0.15, 0.2) is 77.3 Å². The Hall–Kier alpha value is -2.88. The normalized spacial score (nSPS) is 12.8. The van der Waals surface area contributed by atoms with Gasteiger partial charge in [-0.2, -0.15) is 0 Å². The van der Waals surface area contributed by atoms with E-state index in [1.807, 2.05) is 75.4 Å². The van der Waals surface area contributed by atoms with Crippen molar-refractivity contribution in [1.82, 2.24) is 10.2 Å². The quantitative estimate of drug-likeness (QED) is 0.272. The molecule has 0 spiro atoms. The number of nitrogens with one attached hydrogen (secondary N) is 1. The van der Waals surface area contributed by atoms with Crippen LogP contribution >= 0.6 is 27.5 Å². The number of nitrogens with zero attached hydrogens (tertiary/aromatic N) is 2. The van der Waals surface area contributed by atoms with Crippen molar-refractivity contribution in [2.45, 2.75) is 52.2 Å². The number of halogens is 2. The zero-order valence-electron chi connectivity index (χ0n) is 23.1. The fourth-order valence-electron chi connectivity index (χ4n) is 4.13. The summed E-state index contributed by atoms with van der Waals surface area (Å²) in [6, 6.07) is 20.8. The van der Waals surface area contributed by atoms with Crippen LogP contribution < -0.4 is 9.62 Å². The molecule has 10 heteroatoms. The molecule has 2 atom stereocenters. The molecule has 1 N–H and O–H groups in total. The summed E-state index contributed by atoms with van der Waals surface area (Å²) >= 11 is 9.73. The van der Waals surface area contributed by atoms with E-state index in [4.69, 9.17) is 11.6 Å². The fraction of sp³-hybridized carbons (Fsp3) is 0.333. The predicted octanol–water partition coefficient (Wildman–Crippen LogP) is 5.73. The molecule has 3 aromatic carbocycles. The van der Waals surface area contributed by atoms with Crippen LogP contribution in [0.3, 0.4) is 0 Å². The number of hydrogen-bond donors (Lipinski definition) is 1. The number of rotatable bonds is 12. The van der Waals surface area contributed by atoms with Crippen molar-refractivity contribution in [3.05, 3.63) is 99.0 Å². The monoisotopic (exact) mass is 647 g/mol. The topological polar surface area (TPSA) is 86.8 Å². The van der Waals surface area contributed by atoms with E-state index in [0.717, 1.165) is 38.1 Å². The second kappa shape index (κ2) is 14.1. The molecule has 0 radical (unpaired) electrons. The van der Waals surface area contributed by atoms with Gasteiger partial charge in [0, 0.05) is 28.5 Å². The lowest BCUT2D eigenvalue weighted by Crippen LogP contribution is -2.54. The summed E-state index contributed by atoms with van der Waals surface area (Å²) in [4.78, 5) is 29.2. The Morgan fingerprint density at radius 3 is 2.23 bits per heavy atom. The molecule has 0 bridgehead atoms. The van der Waals surface area contributed by atoms with Crippen molar-refractivity contribution < 1.29 is 18.0 Å². The number of amides is 2. The zero-order valence-corrected chi connectivity index (χ0v) is 26.3. The molecule has 0 saturated heterocycles. The minimum atomic E-state index is -3.86. The van der Waals surface area contributed by atoms with Crippen molar-refractivity contribution in [2.24, 2.45) is 0 Å². The number of anilines is 1. The molecule has 0 fully saturated rings. The molecule has 0 aliphatic heterocycles. The summed E-state index contributed by atoms with van der Waals surface area (Å²) in [5.41, 5.74) is 2.74. The molecular formula is C30H35BrClN3O4S. The van der Waals surface area contributed by atoms with Gasteiger partial charge in [0.05, 0.1) is 11.9 Å². The first-order chi connectivity index (χ1) is 18.9. The number of carbonyl (C=O) groups excluding carboxylic acids is 2. The van der Waals surface area contributed by atoms with Crippen molar-refractivity contribution >= 4 is 55.1 Å². The van der Waals surface area contributed by atoms with Gasteiger partial charge in [0.1, 0.15) is 12.6 Å². The maximum atomic E-state index is 14.1. The maximum absolute atomic E-state index is 14.1. The summed E-state index contributed by atoms with van der Waals surface area (Å²) in [5.74, 6) is -0.807. The van der Waals surface area contributed by atoms with Crippen LogP contribution in [0, 0.1) is 6.92 Å². The molecule has 214 valence electrons. The van der Waals surface area contributed by atoms with Gasteiger partial charge < -0.3 is 10.2 Å². The zero-order chi connectivity index (χ0) is 29.4. The van der Waals surface area contributed by atoms with E-state index in [-0.39, 0.29) is 30.6 Å². The van der Waals surface area contributed by atoms with Crippen LogP contribution in [0.4, 0.5) is 5.69 Å². The molecule has 0 aromatic heterocycles. The summed E-state index contributed by atoms with van der Waals surface area (Å²) in [6.45, 7) is 5.32. The Balaban J connectivity index is 2.06.